The third-order valence-corrected chi connectivity index (χ3v) is 3.30. The molecule has 23 heavy (non-hydrogen) atoms. The number of carbonyl (C=O) groups is 1. The summed E-state index contributed by atoms with van der Waals surface area (Å²) >= 11 is 0. The van der Waals surface area contributed by atoms with Crippen LogP contribution in [0.15, 0.2) is 36.4 Å². The van der Waals surface area contributed by atoms with E-state index < -0.39 is 17.8 Å². The van der Waals surface area contributed by atoms with Crippen LogP contribution in [0.3, 0.4) is 0 Å². The molecule has 1 amide bonds. The van der Waals surface area contributed by atoms with Crippen LogP contribution in [0.1, 0.15) is 27.3 Å². The molecule has 0 fully saturated rings. The number of rotatable bonds is 4. The van der Waals surface area contributed by atoms with Gasteiger partial charge in [0, 0.05) is 12.2 Å². The number of hydrogen-bond acceptors (Lipinski definition) is 3. The average molecular weight is 323 g/mol. The number of aryl methyl sites for hydroxylation is 1. The molecule has 0 radical (unpaired) electrons. The molecule has 0 aliphatic heterocycles. The molecule has 0 atom stereocenters. The van der Waals surface area contributed by atoms with Crippen LogP contribution in [0.4, 0.5) is 18.9 Å². The quantitative estimate of drug-likeness (QED) is 0.850. The molecule has 0 spiro atoms. The van der Waals surface area contributed by atoms with Gasteiger partial charge in [-0.15, -0.1) is 0 Å². The fourth-order valence-corrected chi connectivity index (χ4v) is 2.06. The molecule has 0 aliphatic rings. The molecule has 0 saturated heterocycles. The predicted octanol–water partition coefficient (Wildman–Crippen LogP) is 2.96. The van der Waals surface area contributed by atoms with Gasteiger partial charge >= 0.3 is 6.18 Å². The van der Waals surface area contributed by atoms with Crippen LogP contribution in [-0.4, -0.2) is 17.4 Å². The number of nitrogens with two attached hydrogens (primary N) is 1. The molecular formula is C16H16F3N3O. The third-order valence-electron chi connectivity index (χ3n) is 3.30. The fraction of sp³-hybridized carbons (Fsp3) is 0.250. The Kier molecular flexibility index (Phi) is 4.88. The number of alkyl halides is 3. The molecule has 1 aromatic carbocycles. The Morgan fingerprint density at radius 1 is 1.17 bits per heavy atom. The highest BCUT2D eigenvalue weighted by molar-refractivity contribution is 5.95. The van der Waals surface area contributed by atoms with Gasteiger partial charge in [0.1, 0.15) is 5.69 Å². The summed E-state index contributed by atoms with van der Waals surface area (Å²) in [7, 11) is 0. The number of aromatic nitrogens is 1. The van der Waals surface area contributed by atoms with Crippen molar-refractivity contribution in [3.63, 3.8) is 0 Å². The molecule has 4 nitrogen and oxygen atoms in total. The van der Waals surface area contributed by atoms with Gasteiger partial charge in [-0.1, -0.05) is 12.1 Å². The van der Waals surface area contributed by atoms with E-state index in [0.717, 1.165) is 17.7 Å². The zero-order valence-electron chi connectivity index (χ0n) is 12.4. The lowest BCUT2D eigenvalue weighted by atomic mass is 10.1. The third kappa shape index (κ3) is 4.45. The van der Waals surface area contributed by atoms with Crippen LogP contribution in [-0.2, 0) is 12.6 Å². The van der Waals surface area contributed by atoms with E-state index in [1.165, 1.54) is 6.92 Å². The van der Waals surface area contributed by atoms with Crippen molar-refractivity contribution in [2.75, 3.05) is 12.3 Å². The van der Waals surface area contributed by atoms with Crippen molar-refractivity contribution in [3.8, 4) is 0 Å². The van der Waals surface area contributed by atoms with Crippen molar-refractivity contribution in [2.45, 2.75) is 19.5 Å². The van der Waals surface area contributed by atoms with Crippen LogP contribution in [0.25, 0.3) is 0 Å². The highest BCUT2D eigenvalue weighted by atomic mass is 19.4. The van der Waals surface area contributed by atoms with Crippen molar-refractivity contribution in [1.82, 2.24) is 10.3 Å². The minimum Gasteiger partial charge on any atom is -0.399 e. The Morgan fingerprint density at radius 3 is 2.39 bits per heavy atom. The first-order valence-electron chi connectivity index (χ1n) is 6.95. The van der Waals surface area contributed by atoms with Crippen LogP contribution in [0.2, 0.25) is 0 Å². The second kappa shape index (κ2) is 6.68. The SMILES string of the molecule is Cc1nc(C(F)(F)F)ccc1C(=O)NCCc1ccc(N)cc1. The second-order valence-electron chi connectivity index (χ2n) is 5.07. The molecule has 1 heterocycles. The number of halogens is 3. The lowest BCUT2D eigenvalue weighted by Gasteiger charge is -2.10. The summed E-state index contributed by atoms with van der Waals surface area (Å²) in [5.74, 6) is -0.445. The molecular weight excluding hydrogens is 307 g/mol. The summed E-state index contributed by atoms with van der Waals surface area (Å²) in [4.78, 5) is 15.5. The maximum atomic E-state index is 12.5. The summed E-state index contributed by atoms with van der Waals surface area (Å²) in [6.07, 6.45) is -3.92. The average Bonchev–Trinajstić information content (AvgIpc) is 2.48. The number of nitrogen functional groups attached to an aromatic ring is 1. The summed E-state index contributed by atoms with van der Waals surface area (Å²) in [5.41, 5.74) is 6.42. The number of carbonyl (C=O) groups excluding carboxylic acids is 1. The summed E-state index contributed by atoms with van der Waals surface area (Å²) in [5, 5.41) is 2.67. The van der Waals surface area contributed by atoms with Gasteiger partial charge in [-0.05, 0) is 43.2 Å². The molecule has 2 rings (SSSR count). The minimum atomic E-state index is -4.52. The number of nitrogens with one attached hydrogen (secondary N) is 1. The first-order valence-corrected chi connectivity index (χ1v) is 6.95. The van der Waals surface area contributed by atoms with E-state index in [1.54, 1.807) is 12.1 Å². The van der Waals surface area contributed by atoms with E-state index in [9.17, 15) is 18.0 Å². The number of amides is 1. The lowest BCUT2D eigenvalue weighted by molar-refractivity contribution is -0.141. The highest BCUT2D eigenvalue weighted by Crippen LogP contribution is 2.28. The van der Waals surface area contributed by atoms with E-state index in [1.807, 2.05) is 12.1 Å². The molecule has 0 aliphatic carbocycles. The normalized spacial score (nSPS) is 11.3. The number of benzene rings is 1. The Balaban J connectivity index is 1.97. The monoisotopic (exact) mass is 323 g/mol. The van der Waals surface area contributed by atoms with E-state index in [-0.39, 0.29) is 11.3 Å². The molecule has 0 saturated carbocycles. The minimum absolute atomic E-state index is 0.0461. The zero-order valence-corrected chi connectivity index (χ0v) is 12.4. The lowest BCUT2D eigenvalue weighted by Crippen LogP contribution is -2.27. The van der Waals surface area contributed by atoms with Crippen LogP contribution >= 0.6 is 0 Å². The molecule has 3 N–H and O–H groups in total. The van der Waals surface area contributed by atoms with Gasteiger partial charge in [0.2, 0.25) is 0 Å². The fourth-order valence-electron chi connectivity index (χ4n) is 2.06. The van der Waals surface area contributed by atoms with Crippen molar-refractivity contribution in [2.24, 2.45) is 0 Å². The van der Waals surface area contributed by atoms with Gasteiger partial charge < -0.3 is 11.1 Å². The smallest absolute Gasteiger partial charge is 0.399 e. The number of nitrogens with zero attached hydrogens (tertiary/aromatic N) is 1. The van der Waals surface area contributed by atoms with Gasteiger partial charge in [0.15, 0.2) is 0 Å². The molecule has 1 aromatic heterocycles. The van der Waals surface area contributed by atoms with Crippen molar-refractivity contribution < 1.29 is 18.0 Å². The van der Waals surface area contributed by atoms with E-state index in [0.29, 0.717) is 18.7 Å². The first-order chi connectivity index (χ1) is 10.8. The largest absolute Gasteiger partial charge is 0.433 e. The predicted molar refractivity (Wildman–Crippen MR) is 80.9 cm³/mol. The topological polar surface area (TPSA) is 68.0 Å². The molecule has 0 bridgehead atoms. The maximum absolute atomic E-state index is 12.5. The van der Waals surface area contributed by atoms with Gasteiger partial charge in [-0.25, -0.2) is 4.98 Å². The van der Waals surface area contributed by atoms with Crippen molar-refractivity contribution >= 4 is 11.6 Å². The van der Waals surface area contributed by atoms with Crippen LogP contribution in [0, 0.1) is 6.92 Å². The van der Waals surface area contributed by atoms with Crippen molar-refractivity contribution in [3.05, 3.63) is 58.9 Å². The van der Waals surface area contributed by atoms with E-state index >= 15 is 0 Å². The Morgan fingerprint density at radius 2 is 1.83 bits per heavy atom. The maximum Gasteiger partial charge on any atom is 0.433 e. The van der Waals surface area contributed by atoms with Crippen LogP contribution in [0.5, 0.6) is 0 Å². The summed E-state index contributed by atoms with van der Waals surface area (Å²) < 4.78 is 37.6. The van der Waals surface area contributed by atoms with Gasteiger partial charge in [-0.2, -0.15) is 13.2 Å². The zero-order chi connectivity index (χ0) is 17.0. The molecule has 2 aromatic rings. The molecule has 122 valence electrons. The number of hydrogen-bond donors (Lipinski definition) is 2. The number of pyridine rings is 1. The first kappa shape index (κ1) is 16.8. The Labute approximate surface area is 131 Å². The molecule has 7 heteroatoms. The van der Waals surface area contributed by atoms with Crippen molar-refractivity contribution in [1.29, 1.82) is 0 Å². The van der Waals surface area contributed by atoms with Gasteiger partial charge in [0.05, 0.1) is 11.3 Å². The highest BCUT2D eigenvalue weighted by Gasteiger charge is 2.33. The number of anilines is 1. The Bertz CT molecular complexity index is 697. The summed E-state index contributed by atoms with van der Waals surface area (Å²) in [6, 6.07) is 9.19. The van der Waals surface area contributed by atoms with Crippen LogP contribution < -0.4 is 11.1 Å². The second-order valence-corrected chi connectivity index (χ2v) is 5.07. The van der Waals surface area contributed by atoms with Gasteiger partial charge in [0.25, 0.3) is 5.91 Å². The summed E-state index contributed by atoms with van der Waals surface area (Å²) in [6.45, 7) is 1.74. The molecule has 0 unspecified atom stereocenters. The Hall–Kier alpha value is -2.57. The van der Waals surface area contributed by atoms with Gasteiger partial charge in [-0.3, -0.25) is 4.79 Å². The standard InChI is InChI=1S/C16H16F3N3O/c1-10-13(6-7-14(22-10)16(17,18)19)15(23)21-9-8-11-2-4-12(20)5-3-11/h2-7H,8-9,20H2,1H3,(H,21,23). The van der Waals surface area contributed by atoms with E-state index in [2.05, 4.69) is 10.3 Å². The van der Waals surface area contributed by atoms with E-state index in [4.69, 9.17) is 5.73 Å².